The summed E-state index contributed by atoms with van der Waals surface area (Å²) < 4.78 is 57.6. The molecule has 0 radical (unpaired) electrons. The third-order valence-corrected chi connectivity index (χ3v) is 6.09. The zero-order valence-electron chi connectivity index (χ0n) is 16.2. The fourth-order valence-corrected chi connectivity index (χ4v) is 4.64. The summed E-state index contributed by atoms with van der Waals surface area (Å²) in [4.78, 5) is 13.0. The van der Waals surface area contributed by atoms with E-state index in [9.17, 15) is 22.2 Å². The first-order valence-electron chi connectivity index (χ1n) is 9.44. The van der Waals surface area contributed by atoms with Crippen LogP contribution >= 0.6 is 0 Å². The van der Waals surface area contributed by atoms with Crippen molar-refractivity contribution in [2.45, 2.75) is 17.7 Å². The average Bonchev–Trinajstić information content (AvgIpc) is 3.12. The van der Waals surface area contributed by atoms with E-state index in [0.29, 0.717) is 27.7 Å². The Bertz CT molecular complexity index is 1260. The molecule has 4 aromatic rings. The van der Waals surface area contributed by atoms with Crippen LogP contribution in [0.5, 0.6) is 0 Å². The second-order valence-electron chi connectivity index (χ2n) is 7.03. The molecule has 0 bridgehead atoms. The highest BCUT2D eigenvalue weighted by molar-refractivity contribution is 7.83. The SMILES string of the molecule is O=C(c1ccccc1)c1oc2ccccc2c1CS(=O)Cc1cccc(C(F)(F)F)c1. The number of alkyl halides is 3. The van der Waals surface area contributed by atoms with Crippen LogP contribution in [0.2, 0.25) is 0 Å². The van der Waals surface area contributed by atoms with Gasteiger partial charge >= 0.3 is 6.18 Å². The summed E-state index contributed by atoms with van der Waals surface area (Å²) in [5.74, 6) is -0.309. The van der Waals surface area contributed by atoms with Crippen molar-refractivity contribution in [1.82, 2.24) is 0 Å². The summed E-state index contributed by atoms with van der Waals surface area (Å²) in [6.45, 7) is 0. The molecule has 0 aliphatic carbocycles. The van der Waals surface area contributed by atoms with Crippen LogP contribution in [0.15, 0.2) is 83.3 Å². The molecular formula is C24H17F3O3S. The zero-order chi connectivity index (χ0) is 22.0. The average molecular weight is 442 g/mol. The molecule has 0 amide bonds. The molecule has 0 saturated carbocycles. The van der Waals surface area contributed by atoms with E-state index < -0.39 is 22.5 Å². The van der Waals surface area contributed by atoms with Crippen LogP contribution < -0.4 is 0 Å². The standard InChI is InChI=1S/C24H17F3O3S/c25-24(26,27)18-10-6-7-16(13-18)14-31(29)15-20-19-11-4-5-12-21(19)30-23(20)22(28)17-8-2-1-3-9-17/h1-13H,14-15H2. The van der Waals surface area contributed by atoms with Crippen LogP contribution in [-0.4, -0.2) is 9.99 Å². The predicted molar refractivity (Wildman–Crippen MR) is 113 cm³/mol. The number of furan rings is 1. The number of carbonyl (C=O) groups is 1. The molecule has 3 nitrogen and oxygen atoms in total. The molecule has 0 N–H and O–H groups in total. The van der Waals surface area contributed by atoms with Gasteiger partial charge in [0.15, 0.2) is 5.76 Å². The van der Waals surface area contributed by atoms with E-state index in [1.807, 2.05) is 0 Å². The first kappa shape index (κ1) is 21.1. The van der Waals surface area contributed by atoms with E-state index in [-0.39, 0.29) is 23.0 Å². The first-order valence-corrected chi connectivity index (χ1v) is 10.9. The fourth-order valence-electron chi connectivity index (χ4n) is 3.38. The first-order chi connectivity index (χ1) is 14.8. The quantitative estimate of drug-likeness (QED) is 0.338. The lowest BCUT2D eigenvalue weighted by atomic mass is 10.0. The number of carbonyl (C=O) groups excluding carboxylic acids is 1. The summed E-state index contributed by atoms with van der Waals surface area (Å²) in [6.07, 6.45) is -4.46. The van der Waals surface area contributed by atoms with Crippen molar-refractivity contribution < 1.29 is 26.6 Å². The molecule has 31 heavy (non-hydrogen) atoms. The number of hydrogen-bond acceptors (Lipinski definition) is 3. The lowest BCUT2D eigenvalue weighted by molar-refractivity contribution is -0.137. The molecule has 0 aliphatic rings. The molecule has 1 heterocycles. The topological polar surface area (TPSA) is 47.3 Å². The smallest absolute Gasteiger partial charge is 0.416 e. The lowest BCUT2D eigenvalue weighted by Gasteiger charge is -2.09. The molecule has 158 valence electrons. The second kappa shape index (κ2) is 8.51. The maximum Gasteiger partial charge on any atom is 0.416 e. The molecule has 1 unspecified atom stereocenters. The van der Waals surface area contributed by atoms with Gasteiger partial charge in [0.25, 0.3) is 0 Å². The summed E-state index contributed by atoms with van der Waals surface area (Å²) in [7, 11) is -1.55. The maximum absolute atomic E-state index is 13.0. The van der Waals surface area contributed by atoms with Crippen LogP contribution in [0.25, 0.3) is 11.0 Å². The summed E-state index contributed by atoms with van der Waals surface area (Å²) in [5, 5.41) is 0.666. The molecule has 4 rings (SSSR count). The summed E-state index contributed by atoms with van der Waals surface area (Å²) in [5.41, 5.74) is 0.960. The highest BCUT2D eigenvalue weighted by Gasteiger charge is 2.30. The van der Waals surface area contributed by atoms with Crippen LogP contribution in [0, 0.1) is 0 Å². The number of ketones is 1. The highest BCUT2D eigenvalue weighted by Crippen LogP contribution is 2.31. The van der Waals surface area contributed by atoms with Gasteiger partial charge in [0.05, 0.1) is 11.3 Å². The van der Waals surface area contributed by atoms with Crippen molar-refractivity contribution in [1.29, 1.82) is 0 Å². The zero-order valence-corrected chi connectivity index (χ0v) is 17.0. The number of benzene rings is 3. The van der Waals surface area contributed by atoms with Crippen LogP contribution in [0.3, 0.4) is 0 Å². The van der Waals surface area contributed by atoms with E-state index in [4.69, 9.17) is 4.42 Å². The third-order valence-electron chi connectivity index (χ3n) is 4.83. The number of hydrogen-bond donors (Lipinski definition) is 0. The van der Waals surface area contributed by atoms with Gasteiger partial charge in [0.2, 0.25) is 5.78 Å². The minimum absolute atomic E-state index is 0.0127. The van der Waals surface area contributed by atoms with Crippen molar-refractivity contribution in [2.24, 2.45) is 0 Å². The molecule has 0 spiro atoms. The van der Waals surface area contributed by atoms with E-state index >= 15 is 0 Å². The summed E-state index contributed by atoms with van der Waals surface area (Å²) >= 11 is 0. The lowest BCUT2D eigenvalue weighted by Crippen LogP contribution is -2.08. The van der Waals surface area contributed by atoms with E-state index in [1.165, 1.54) is 12.1 Å². The van der Waals surface area contributed by atoms with Crippen molar-refractivity contribution in [3.63, 3.8) is 0 Å². The fraction of sp³-hybridized carbons (Fsp3) is 0.125. The Kier molecular flexibility index (Phi) is 5.78. The van der Waals surface area contributed by atoms with Crippen LogP contribution in [0.1, 0.15) is 32.8 Å². The van der Waals surface area contributed by atoms with Gasteiger partial charge in [-0.2, -0.15) is 13.2 Å². The van der Waals surface area contributed by atoms with Gasteiger partial charge < -0.3 is 4.42 Å². The molecule has 7 heteroatoms. The Balaban J connectivity index is 1.65. The number of fused-ring (bicyclic) bond motifs is 1. The van der Waals surface area contributed by atoms with Gasteiger partial charge in [-0.3, -0.25) is 9.00 Å². The second-order valence-corrected chi connectivity index (χ2v) is 8.48. The van der Waals surface area contributed by atoms with E-state index in [0.717, 1.165) is 12.1 Å². The largest absolute Gasteiger partial charge is 0.452 e. The highest BCUT2D eigenvalue weighted by atomic mass is 32.2. The normalized spacial score (nSPS) is 12.7. The number of halogens is 3. The summed E-state index contributed by atoms with van der Waals surface area (Å²) in [6, 6.07) is 20.4. The molecule has 0 aliphatic heterocycles. The van der Waals surface area contributed by atoms with Crippen molar-refractivity contribution >= 4 is 27.6 Å². The number of rotatable bonds is 6. The van der Waals surface area contributed by atoms with Crippen LogP contribution in [0.4, 0.5) is 13.2 Å². The third kappa shape index (κ3) is 4.61. The predicted octanol–water partition coefficient (Wildman–Crippen LogP) is 6.13. The van der Waals surface area contributed by atoms with Gasteiger partial charge in [-0.1, -0.05) is 66.7 Å². The van der Waals surface area contributed by atoms with Gasteiger partial charge in [0.1, 0.15) is 5.58 Å². The minimum atomic E-state index is -4.46. The van der Waals surface area contributed by atoms with E-state index in [1.54, 1.807) is 54.6 Å². The Morgan fingerprint density at radius 3 is 2.32 bits per heavy atom. The van der Waals surface area contributed by atoms with Crippen LogP contribution in [-0.2, 0) is 28.5 Å². The molecule has 3 aromatic carbocycles. The monoisotopic (exact) mass is 442 g/mol. The molecular weight excluding hydrogens is 425 g/mol. The van der Waals surface area contributed by atoms with Gasteiger partial charge in [0, 0.05) is 33.1 Å². The number of para-hydroxylation sites is 1. The van der Waals surface area contributed by atoms with Gasteiger partial charge in [-0.25, -0.2) is 0 Å². The Labute approximate surface area is 179 Å². The van der Waals surface area contributed by atoms with E-state index in [2.05, 4.69) is 0 Å². The van der Waals surface area contributed by atoms with Crippen molar-refractivity contribution in [3.05, 3.63) is 107 Å². The molecule has 0 saturated heterocycles. The molecule has 1 aromatic heterocycles. The molecule has 1 atom stereocenters. The minimum Gasteiger partial charge on any atom is -0.452 e. The Hall–Kier alpha value is -3.19. The Morgan fingerprint density at radius 1 is 0.871 bits per heavy atom. The molecule has 0 fully saturated rings. The maximum atomic E-state index is 13.0. The van der Waals surface area contributed by atoms with Gasteiger partial charge in [-0.15, -0.1) is 0 Å². The van der Waals surface area contributed by atoms with Crippen molar-refractivity contribution in [2.75, 3.05) is 0 Å². The van der Waals surface area contributed by atoms with Gasteiger partial charge in [-0.05, 0) is 17.7 Å². The van der Waals surface area contributed by atoms with Crippen molar-refractivity contribution in [3.8, 4) is 0 Å². The Morgan fingerprint density at radius 2 is 1.58 bits per heavy atom.